The molecule has 13 heteroatoms. The number of nitro benzene ring substituents is 1. The van der Waals surface area contributed by atoms with Crippen molar-refractivity contribution in [3.8, 4) is 11.1 Å². The number of thioether (sulfide) groups is 1. The van der Waals surface area contributed by atoms with Crippen LogP contribution in [0.4, 0.5) is 17.1 Å². The minimum absolute atomic E-state index is 0.207. The molecule has 1 aliphatic heterocycles. The van der Waals surface area contributed by atoms with Crippen molar-refractivity contribution in [2.45, 2.75) is 35.7 Å². The van der Waals surface area contributed by atoms with Gasteiger partial charge in [-0.1, -0.05) is 66.2 Å². The minimum atomic E-state index is -4.35. The first-order valence-electron chi connectivity index (χ1n) is 17.1. The van der Waals surface area contributed by atoms with Crippen molar-refractivity contribution in [2.24, 2.45) is 10.1 Å². The molecule has 1 heterocycles. The normalized spacial score (nSPS) is 14.2. The molecule has 0 amide bonds. The first-order valence-corrected chi connectivity index (χ1v) is 19.9. The molecule has 1 aliphatic rings. The van der Waals surface area contributed by atoms with Gasteiger partial charge < -0.3 is 16.0 Å². The number of anilines is 2. The van der Waals surface area contributed by atoms with Crippen LogP contribution >= 0.6 is 23.4 Å². The largest absolute Gasteiger partial charge is 0.383 e. The number of nitrogens with one attached hydrogen (secondary N) is 1. The van der Waals surface area contributed by atoms with Crippen molar-refractivity contribution in [2.75, 3.05) is 42.1 Å². The molecular formula is C40H41ClN6O4S2. The lowest BCUT2D eigenvalue weighted by molar-refractivity contribution is -0.384. The Morgan fingerprint density at radius 3 is 2.23 bits per heavy atom. The highest BCUT2D eigenvalue weighted by Crippen LogP contribution is 2.33. The van der Waals surface area contributed by atoms with E-state index < -0.39 is 20.5 Å². The van der Waals surface area contributed by atoms with Gasteiger partial charge in [0.1, 0.15) is 11.5 Å². The van der Waals surface area contributed by atoms with Crippen LogP contribution in [0.15, 0.2) is 136 Å². The molecule has 53 heavy (non-hydrogen) atoms. The highest BCUT2D eigenvalue weighted by atomic mass is 35.5. The van der Waals surface area contributed by atoms with Gasteiger partial charge >= 0.3 is 0 Å². The van der Waals surface area contributed by atoms with Crippen LogP contribution in [0, 0.1) is 10.1 Å². The third kappa shape index (κ3) is 9.76. The summed E-state index contributed by atoms with van der Waals surface area (Å²) in [5.74, 6) is 0.408. The Labute approximate surface area is 319 Å². The molecule has 0 spiro atoms. The second-order valence-corrected chi connectivity index (χ2v) is 16.6. The first-order chi connectivity index (χ1) is 25.4. The molecule has 0 aromatic heterocycles. The van der Waals surface area contributed by atoms with Crippen LogP contribution in [0.1, 0.15) is 25.0 Å². The maximum Gasteiger partial charge on any atom is 0.293 e. The Balaban J connectivity index is 1.09. The topological polar surface area (TPSA) is 134 Å². The zero-order valence-electron chi connectivity index (χ0n) is 29.5. The Kier molecular flexibility index (Phi) is 11.7. The Morgan fingerprint density at radius 2 is 1.57 bits per heavy atom. The molecule has 10 nitrogen and oxygen atoms in total. The second-order valence-electron chi connectivity index (χ2n) is 13.5. The van der Waals surface area contributed by atoms with E-state index in [1.807, 2.05) is 86.6 Å². The zero-order chi connectivity index (χ0) is 37.6. The van der Waals surface area contributed by atoms with Crippen LogP contribution in [0.2, 0.25) is 5.02 Å². The summed E-state index contributed by atoms with van der Waals surface area (Å²) in [5, 5.41) is 16.0. The fourth-order valence-electron chi connectivity index (χ4n) is 6.19. The van der Waals surface area contributed by atoms with Crippen molar-refractivity contribution in [3.63, 3.8) is 0 Å². The van der Waals surface area contributed by atoms with Crippen molar-refractivity contribution in [1.82, 2.24) is 4.90 Å². The number of benzene rings is 5. The molecule has 0 unspecified atom stereocenters. The summed E-state index contributed by atoms with van der Waals surface area (Å²) in [6.07, 6.45) is 0. The van der Waals surface area contributed by atoms with Gasteiger partial charge in [0, 0.05) is 71.3 Å². The van der Waals surface area contributed by atoms with Gasteiger partial charge in [-0.25, -0.2) is 0 Å². The van der Waals surface area contributed by atoms with Crippen LogP contribution in [0.25, 0.3) is 11.1 Å². The lowest BCUT2D eigenvalue weighted by Crippen LogP contribution is -2.46. The number of hydrogen-bond donors (Lipinski definition) is 2. The van der Waals surface area contributed by atoms with Gasteiger partial charge in [-0.3, -0.25) is 15.0 Å². The minimum Gasteiger partial charge on any atom is -0.383 e. The fraction of sp³-hybridized carbons (Fsp3) is 0.225. The molecule has 0 aliphatic carbocycles. The molecule has 5 aromatic rings. The Hall–Kier alpha value is -4.88. The van der Waals surface area contributed by atoms with E-state index in [-0.39, 0.29) is 22.1 Å². The standard InChI is InChI=1S/C40H41ClN6O4S2/c1-40(2,28-52-34-11-7-4-8-12-34)43-37-20-18-35(26-38(37)47(48)49)53(50,51)44-39(42)30-13-16-33(17-14-30)46-23-21-45(22-24-46)27-31-25-32(41)15-19-36(31)29-9-5-3-6-10-29/h3-20,25-26,43H,21-24,27-28H2,1-2H3,(H2,42,44). The summed E-state index contributed by atoms with van der Waals surface area (Å²) in [6, 6.07) is 37.2. The van der Waals surface area contributed by atoms with Crippen LogP contribution in [-0.4, -0.2) is 61.5 Å². The number of piperazine rings is 1. The number of hydrogen-bond acceptors (Lipinski definition) is 8. The highest BCUT2D eigenvalue weighted by Gasteiger charge is 2.26. The summed E-state index contributed by atoms with van der Waals surface area (Å²) in [6.45, 7) is 7.98. The van der Waals surface area contributed by atoms with Gasteiger partial charge in [0.05, 0.1) is 9.82 Å². The fourth-order valence-corrected chi connectivity index (χ4v) is 8.30. The summed E-state index contributed by atoms with van der Waals surface area (Å²) in [4.78, 5) is 16.9. The van der Waals surface area contributed by atoms with E-state index in [9.17, 15) is 18.5 Å². The van der Waals surface area contributed by atoms with Gasteiger partial charge in [0.2, 0.25) is 0 Å². The maximum atomic E-state index is 13.3. The quantitative estimate of drug-likeness (QED) is 0.0399. The first kappa shape index (κ1) is 37.9. The number of nitrogens with two attached hydrogens (primary N) is 1. The van der Waals surface area contributed by atoms with E-state index in [4.69, 9.17) is 17.3 Å². The van der Waals surface area contributed by atoms with E-state index in [1.54, 1.807) is 23.9 Å². The van der Waals surface area contributed by atoms with Gasteiger partial charge in [-0.05, 0) is 91.2 Å². The van der Waals surface area contributed by atoms with Gasteiger partial charge in [-0.15, -0.1) is 16.2 Å². The van der Waals surface area contributed by atoms with E-state index in [2.05, 4.69) is 37.7 Å². The smallest absolute Gasteiger partial charge is 0.293 e. The predicted molar refractivity (Wildman–Crippen MR) is 217 cm³/mol. The summed E-state index contributed by atoms with van der Waals surface area (Å²) in [7, 11) is -4.35. The van der Waals surface area contributed by atoms with Gasteiger partial charge in [0.25, 0.3) is 15.7 Å². The molecule has 6 rings (SSSR count). The van der Waals surface area contributed by atoms with Gasteiger partial charge in [0.15, 0.2) is 0 Å². The van der Waals surface area contributed by atoms with Crippen molar-refractivity contribution in [3.05, 3.63) is 148 Å². The number of sulfonamides is 1. The number of nitrogens with zero attached hydrogens (tertiary/aromatic N) is 4. The van der Waals surface area contributed by atoms with Crippen molar-refractivity contribution in [1.29, 1.82) is 0 Å². The number of halogens is 1. The summed E-state index contributed by atoms with van der Waals surface area (Å²) >= 11 is 8.00. The molecule has 0 bridgehead atoms. The van der Waals surface area contributed by atoms with E-state index >= 15 is 0 Å². The van der Waals surface area contributed by atoms with Crippen molar-refractivity contribution < 1.29 is 13.3 Å². The molecule has 1 fully saturated rings. The average molecular weight is 769 g/mol. The number of amidine groups is 1. The lowest BCUT2D eigenvalue weighted by Gasteiger charge is -2.36. The van der Waals surface area contributed by atoms with E-state index in [0.29, 0.717) is 11.3 Å². The average Bonchev–Trinajstić information content (AvgIpc) is 3.15. The molecule has 0 saturated carbocycles. The van der Waals surface area contributed by atoms with Crippen LogP contribution < -0.4 is 16.0 Å². The second kappa shape index (κ2) is 16.4. The molecule has 274 valence electrons. The number of rotatable bonds is 13. The summed E-state index contributed by atoms with van der Waals surface area (Å²) < 4.78 is 30.5. The summed E-state index contributed by atoms with van der Waals surface area (Å²) in [5.41, 5.74) is 10.4. The van der Waals surface area contributed by atoms with Crippen LogP contribution in [0.3, 0.4) is 0 Å². The third-order valence-electron chi connectivity index (χ3n) is 8.94. The molecule has 5 aromatic carbocycles. The maximum absolute atomic E-state index is 13.3. The molecule has 3 N–H and O–H groups in total. The number of nitro groups is 1. The molecule has 0 atom stereocenters. The predicted octanol–water partition coefficient (Wildman–Crippen LogP) is 8.31. The SMILES string of the molecule is CC(C)(CSc1ccccc1)Nc1ccc(S(=O)(=O)/N=C(\N)c2ccc(N3CCN(Cc4cc(Cl)ccc4-c4ccccc4)CC3)cc2)cc1[N+](=O)[O-]. The Morgan fingerprint density at radius 1 is 0.906 bits per heavy atom. The van der Waals surface area contributed by atoms with E-state index in [1.165, 1.54) is 23.3 Å². The molecular weight excluding hydrogens is 728 g/mol. The molecule has 0 radical (unpaired) electrons. The zero-order valence-corrected chi connectivity index (χ0v) is 31.9. The monoisotopic (exact) mass is 768 g/mol. The van der Waals surface area contributed by atoms with Crippen molar-refractivity contribution >= 4 is 56.3 Å². The lowest BCUT2D eigenvalue weighted by atomic mass is 9.99. The highest BCUT2D eigenvalue weighted by molar-refractivity contribution is 7.99. The van der Waals surface area contributed by atoms with Crippen LogP contribution in [-0.2, 0) is 16.6 Å². The third-order valence-corrected chi connectivity index (χ3v) is 11.9. The van der Waals surface area contributed by atoms with Crippen LogP contribution in [0.5, 0.6) is 0 Å². The molecule has 1 saturated heterocycles. The van der Waals surface area contributed by atoms with Gasteiger partial charge in [-0.2, -0.15) is 8.42 Å². The Bertz CT molecular complexity index is 2190. The van der Waals surface area contributed by atoms with E-state index in [0.717, 1.165) is 60.0 Å².